The second kappa shape index (κ2) is 5.71. The summed E-state index contributed by atoms with van der Waals surface area (Å²) < 4.78 is 44.6. The van der Waals surface area contributed by atoms with Crippen LogP contribution in [0.1, 0.15) is 24.9 Å². The number of nitrogens with one attached hydrogen (secondary N) is 1. The predicted octanol–water partition coefficient (Wildman–Crippen LogP) is 2.42. The zero-order chi connectivity index (χ0) is 14.8. The highest BCUT2D eigenvalue weighted by Gasteiger charge is 2.44. The number of alkyl halides is 3. The van der Waals surface area contributed by atoms with Crippen molar-refractivity contribution < 1.29 is 23.0 Å². The van der Waals surface area contributed by atoms with E-state index in [2.05, 4.69) is 5.32 Å². The van der Waals surface area contributed by atoms with E-state index in [0.717, 1.165) is 0 Å². The predicted molar refractivity (Wildman–Crippen MR) is 68.2 cm³/mol. The van der Waals surface area contributed by atoms with Crippen molar-refractivity contribution in [2.24, 2.45) is 0 Å². The summed E-state index contributed by atoms with van der Waals surface area (Å²) in [6.45, 7) is 1.87. The molecule has 112 valence electrons. The molecule has 3 nitrogen and oxygen atoms in total. The molecule has 1 aliphatic rings. The molecule has 0 saturated carbocycles. The van der Waals surface area contributed by atoms with Crippen LogP contribution in [0.25, 0.3) is 0 Å². The molecule has 1 saturated heterocycles. The minimum atomic E-state index is -4.42. The van der Waals surface area contributed by atoms with Crippen molar-refractivity contribution in [3.05, 3.63) is 35.9 Å². The van der Waals surface area contributed by atoms with Gasteiger partial charge in [0.15, 0.2) is 0 Å². The molecule has 1 aromatic rings. The lowest BCUT2D eigenvalue weighted by Crippen LogP contribution is -2.49. The fourth-order valence-corrected chi connectivity index (χ4v) is 2.35. The molecular formula is C14H18F3NO2. The standard InChI is InChI=1S/C14H18F3NO2/c1-10-13(19,7-8-20-10)9-18-12(14(15,16)17)11-5-3-2-4-6-11/h2-6,10,12,18-19H,7-9H2,1H3. The molecule has 2 rings (SSSR count). The van der Waals surface area contributed by atoms with Crippen molar-refractivity contribution in [2.45, 2.75) is 37.3 Å². The van der Waals surface area contributed by atoms with Gasteiger partial charge >= 0.3 is 6.18 Å². The van der Waals surface area contributed by atoms with Crippen LogP contribution < -0.4 is 5.32 Å². The van der Waals surface area contributed by atoms with E-state index < -0.39 is 23.9 Å². The zero-order valence-corrected chi connectivity index (χ0v) is 11.2. The fourth-order valence-electron chi connectivity index (χ4n) is 2.35. The summed E-state index contributed by atoms with van der Waals surface area (Å²) in [5, 5.41) is 12.7. The van der Waals surface area contributed by atoms with Crippen molar-refractivity contribution in [1.82, 2.24) is 5.32 Å². The number of ether oxygens (including phenoxy) is 1. The summed E-state index contributed by atoms with van der Waals surface area (Å²) in [5.41, 5.74) is -1.12. The number of halogens is 3. The van der Waals surface area contributed by atoms with Crippen molar-refractivity contribution in [2.75, 3.05) is 13.2 Å². The van der Waals surface area contributed by atoms with E-state index in [0.29, 0.717) is 13.0 Å². The molecule has 0 radical (unpaired) electrons. The number of hydrogen-bond acceptors (Lipinski definition) is 3. The van der Waals surface area contributed by atoms with Crippen LogP contribution in [0, 0.1) is 0 Å². The maximum Gasteiger partial charge on any atom is 0.407 e. The molecule has 2 N–H and O–H groups in total. The molecular weight excluding hydrogens is 271 g/mol. The van der Waals surface area contributed by atoms with Crippen LogP contribution in [-0.2, 0) is 4.74 Å². The Bertz CT molecular complexity index is 438. The maximum atomic E-state index is 13.1. The molecule has 1 fully saturated rings. The van der Waals surface area contributed by atoms with Gasteiger partial charge in [-0.15, -0.1) is 0 Å². The minimum Gasteiger partial charge on any atom is -0.386 e. The quantitative estimate of drug-likeness (QED) is 0.894. The molecule has 20 heavy (non-hydrogen) atoms. The Kier molecular flexibility index (Phi) is 4.36. The molecule has 1 aromatic carbocycles. The SMILES string of the molecule is CC1OCCC1(O)CNC(c1ccccc1)C(F)(F)F. The van der Waals surface area contributed by atoms with E-state index in [9.17, 15) is 18.3 Å². The third-order valence-electron chi connectivity index (χ3n) is 3.73. The van der Waals surface area contributed by atoms with Gasteiger partial charge in [-0.1, -0.05) is 30.3 Å². The Labute approximate surface area is 115 Å². The third-order valence-corrected chi connectivity index (χ3v) is 3.73. The molecule has 3 atom stereocenters. The van der Waals surface area contributed by atoms with Gasteiger partial charge in [0.25, 0.3) is 0 Å². The largest absolute Gasteiger partial charge is 0.407 e. The lowest BCUT2D eigenvalue weighted by molar-refractivity contribution is -0.161. The van der Waals surface area contributed by atoms with Crippen LogP contribution in [0.4, 0.5) is 13.2 Å². The number of benzene rings is 1. The number of rotatable bonds is 4. The van der Waals surface area contributed by atoms with Gasteiger partial charge in [0.2, 0.25) is 0 Å². The average Bonchev–Trinajstić information content (AvgIpc) is 2.70. The molecule has 0 aliphatic carbocycles. The van der Waals surface area contributed by atoms with Gasteiger partial charge in [0, 0.05) is 19.6 Å². The summed E-state index contributed by atoms with van der Waals surface area (Å²) in [4.78, 5) is 0. The first-order valence-corrected chi connectivity index (χ1v) is 6.52. The van der Waals surface area contributed by atoms with Crippen molar-refractivity contribution in [3.63, 3.8) is 0 Å². The Morgan fingerprint density at radius 2 is 2.05 bits per heavy atom. The molecule has 0 amide bonds. The Morgan fingerprint density at radius 1 is 1.40 bits per heavy atom. The van der Waals surface area contributed by atoms with Crippen LogP contribution in [0.15, 0.2) is 30.3 Å². The van der Waals surface area contributed by atoms with Crippen LogP contribution >= 0.6 is 0 Å². The maximum absolute atomic E-state index is 13.1. The summed E-state index contributed by atoms with van der Waals surface area (Å²) in [7, 11) is 0. The van der Waals surface area contributed by atoms with E-state index in [1.54, 1.807) is 25.1 Å². The lowest BCUT2D eigenvalue weighted by atomic mass is 9.95. The Balaban J connectivity index is 2.10. The molecule has 3 unspecified atom stereocenters. The Hall–Kier alpha value is -1.11. The van der Waals surface area contributed by atoms with Crippen LogP contribution in [-0.4, -0.2) is 36.1 Å². The van der Waals surface area contributed by atoms with Crippen molar-refractivity contribution in [3.8, 4) is 0 Å². The number of hydrogen-bond donors (Lipinski definition) is 2. The normalized spacial score (nSPS) is 28.6. The van der Waals surface area contributed by atoms with Gasteiger partial charge in [-0.2, -0.15) is 13.2 Å². The van der Waals surface area contributed by atoms with Crippen LogP contribution in [0.3, 0.4) is 0 Å². The molecule has 1 heterocycles. The summed E-state index contributed by atoms with van der Waals surface area (Å²) in [5.74, 6) is 0. The van der Waals surface area contributed by atoms with Gasteiger partial charge in [0.05, 0.1) is 6.10 Å². The van der Waals surface area contributed by atoms with Crippen LogP contribution in [0.2, 0.25) is 0 Å². The first kappa shape index (κ1) is 15.3. The van der Waals surface area contributed by atoms with Gasteiger partial charge in [-0.25, -0.2) is 0 Å². The van der Waals surface area contributed by atoms with Crippen LogP contribution in [0.5, 0.6) is 0 Å². The second-order valence-corrected chi connectivity index (χ2v) is 5.13. The lowest BCUT2D eigenvalue weighted by Gasteiger charge is -2.30. The average molecular weight is 289 g/mol. The summed E-state index contributed by atoms with van der Waals surface area (Å²) in [6, 6.07) is 5.84. The highest BCUT2D eigenvalue weighted by molar-refractivity contribution is 5.20. The van der Waals surface area contributed by atoms with Gasteiger partial charge in [0.1, 0.15) is 11.6 Å². The molecule has 6 heteroatoms. The van der Waals surface area contributed by atoms with E-state index in [4.69, 9.17) is 4.74 Å². The molecule has 0 spiro atoms. The summed E-state index contributed by atoms with van der Waals surface area (Å²) >= 11 is 0. The van der Waals surface area contributed by atoms with E-state index in [1.807, 2.05) is 0 Å². The van der Waals surface area contributed by atoms with Crippen molar-refractivity contribution in [1.29, 1.82) is 0 Å². The monoisotopic (exact) mass is 289 g/mol. The van der Waals surface area contributed by atoms with Crippen molar-refractivity contribution >= 4 is 0 Å². The van der Waals surface area contributed by atoms with E-state index in [1.165, 1.54) is 12.1 Å². The first-order chi connectivity index (χ1) is 9.33. The summed E-state index contributed by atoms with van der Waals surface area (Å²) in [6.07, 6.45) is -4.55. The fraction of sp³-hybridized carbons (Fsp3) is 0.571. The highest BCUT2D eigenvalue weighted by atomic mass is 19.4. The third kappa shape index (κ3) is 3.31. The minimum absolute atomic E-state index is 0.134. The topological polar surface area (TPSA) is 41.5 Å². The number of aliphatic hydroxyl groups is 1. The molecule has 0 bridgehead atoms. The van der Waals surface area contributed by atoms with E-state index >= 15 is 0 Å². The smallest absolute Gasteiger partial charge is 0.386 e. The highest BCUT2D eigenvalue weighted by Crippen LogP contribution is 2.34. The molecule has 0 aromatic heterocycles. The van der Waals surface area contributed by atoms with E-state index in [-0.39, 0.29) is 12.1 Å². The second-order valence-electron chi connectivity index (χ2n) is 5.13. The van der Waals surface area contributed by atoms with Gasteiger partial charge in [-0.05, 0) is 12.5 Å². The molecule has 1 aliphatic heterocycles. The van der Waals surface area contributed by atoms with Gasteiger partial charge in [-0.3, -0.25) is 5.32 Å². The Morgan fingerprint density at radius 3 is 2.55 bits per heavy atom. The first-order valence-electron chi connectivity index (χ1n) is 6.52. The zero-order valence-electron chi connectivity index (χ0n) is 11.2. The van der Waals surface area contributed by atoms with Gasteiger partial charge < -0.3 is 9.84 Å².